The van der Waals surface area contributed by atoms with Crippen molar-refractivity contribution in [1.29, 1.82) is 0 Å². The Morgan fingerprint density at radius 2 is 2.20 bits per heavy atom. The summed E-state index contributed by atoms with van der Waals surface area (Å²) < 4.78 is 28.5. The average molecular weight is 357 g/mol. The van der Waals surface area contributed by atoms with Crippen molar-refractivity contribution in [3.63, 3.8) is 0 Å². The number of sulfonamides is 1. The molecular formula is C10H9BrN6O2S. The number of hydrogen-bond donors (Lipinski definition) is 2. The lowest BCUT2D eigenvalue weighted by atomic mass is 10.2. The Morgan fingerprint density at radius 1 is 1.40 bits per heavy atom. The quantitative estimate of drug-likeness (QED) is 0.734. The van der Waals surface area contributed by atoms with Gasteiger partial charge in [-0.1, -0.05) is 5.21 Å². The van der Waals surface area contributed by atoms with Gasteiger partial charge in [-0.15, -0.1) is 5.10 Å². The van der Waals surface area contributed by atoms with Crippen LogP contribution in [0.4, 0.5) is 5.69 Å². The van der Waals surface area contributed by atoms with Crippen LogP contribution in [0.25, 0.3) is 10.9 Å². The molecule has 104 valence electrons. The summed E-state index contributed by atoms with van der Waals surface area (Å²) in [5.74, 6) is 0. The fourth-order valence-corrected chi connectivity index (χ4v) is 3.97. The number of benzene rings is 1. The minimum Gasteiger partial charge on any atom is -0.278 e. The van der Waals surface area contributed by atoms with E-state index in [0.29, 0.717) is 5.69 Å². The molecule has 8 nitrogen and oxygen atoms in total. The molecule has 2 heterocycles. The number of aromatic nitrogens is 5. The van der Waals surface area contributed by atoms with E-state index in [4.69, 9.17) is 0 Å². The van der Waals surface area contributed by atoms with Gasteiger partial charge in [-0.05, 0) is 34.1 Å². The number of H-pyrrole nitrogens is 1. The molecule has 0 bridgehead atoms. The molecule has 0 spiro atoms. The fraction of sp³-hybridized carbons (Fsp3) is 0.100. The molecule has 0 atom stereocenters. The summed E-state index contributed by atoms with van der Waals surface area (Å²) >= 11 is 3.07. The molecule has 3 aromatic rings. The zero-order valence-corrected chi connectivity index (χ0v) is 12.6. The number of nitrogens with zero attached hydrogens (tertiary/aromatic N) is 4. The van der Waals surface area contributed by atoms with Gasteiger partial charge < -0.3 is 0 Å². The van der Waals surface area contributed by atoms with E-state index >= 15 is 0 Å². The van der Waals surface area contributed by atoms with Gasteiger partial charge in [0.1, 0.15) is 0 Å². The second kappa shape index (κ2) is 4.56. The largest absolute Gasteiger partial charge is 0.281 e. The van der Waals surface area contributed by atoms with Crippen molar-refractivity contribution in [3.8, 4) is 0 Å². The van der Waals surface area contributed by atoms with Gasteiger partial charge in [0, 0.05) is 18.1 Å². The first-order chi connectivity index (χ1) is 9.47. The highest BCUT2D eigenvalue weighted by atomic mass is 79.9. The number of anilines is 1. The minimum absolute atomic E-state index is 0.0372. The minimum atomic E-state index is -3.77. The molecule has 0 saturated heterocycles. The number of rotatable bonds is 3. The number of aryl methyl sites for hydroxylation is 1. The summed E-state index contributed by atoms with van der Waals surface area (Å²) in [4.78, 5) is 0. The lowest BCUT2D eigenvalue weighted by Gasteiger charge is -2.07. The van der Waals surface area contributed by atoms with E-state index in [0.717, 1.165) is 10.9 Å². The Kier molecular flexibility index (Phi) is 2.98. The van der Waals surface area contributed by atoms with Gasteiger partial charge in [0.25, 0.3) is 10.0 Å². The molecule has 2 aromatic heterocycles. The van der Waals surface area contributed by atoms with Crippen LogP contribution in [0.1, 0.15) is 0 Å². The summed E-state index contributed by atoms with van der Waals surface area (Å²) in [7, 11) is -2.27. The molecule has 0 aliphatic rings. The fourth-order valence-electron chi connectivity index (χ4n) is 1.82. The molecule has 1 aromatic carbocycles. The van der Waals surface area contributed by atoms with Gasteiger partial charge in [0.15, 0.2) is 4.60 Å². The molecule has 0 radical (unpaired) electrons. The molecule has 2 N–H and O–H groups in total. The number of halogens is 1. The van der Waals surface area contributed by atoms with Crippen LogP contribution in [0.15, 0.2) is 34.0 Å². The van der Waals surface area contributed by atoms with E-state index in [-0.39, 0.29) is 9.63 Å². The summed E-state index contributed by atoms with van der Waals surface area (Å²) in [5.41, 5.74) is 1.27. The van der Waals surface area contributed by atoms with Gasteiger partial charge in [0.05, 0.1) is 11.7 Å². The number of nitrogens with one attached hydrogen (secondary N) is 2. The summed E-state index contributed by atoms with van der Waals surface area (Å²) in [6.07, 6.45) is 1.62. The van der Waals surface area contributed by atoms with Crippen molar-refractivity contribution in [3.05, 3.63) is 29.0 Å². The normalized spacial score (nSPS) is 11.9. The maximum Gasteiger partial charge on any atom is 0.281 e. The molecule has 0 aliphatic carbocycles. The number of hydrogen-bond acceptors (Lipinski definition) is 5. The van der Waals surface area contributed by atoms with E-state index in [1.54, 1.807) is 24.4 Å². The van der Waals surface area contributed by atoms with Crippen LogP contribution in [0.2, 0.25) is 0 Å². The molecular weight excluding hydrogens is 348 g/mol. The number of fused-ring (bicyclic) bond motifs is 1. The van der Waals surface area contributed by atoms with Gasteiger partial charge >= 0.3 is 0 Å². The predicted octanol–water partition coefficient (Wildman–Crippen LogP) is 1.25. The Hall–Kier alpha value is -1.94. The van der Waals surface area contributed by atoms with Gasteiger partial charge in [0.2, 0.25) is 5.03 Å². The van der Waals surface area contributed by atoms with Crippen LogP contribution in [0.3, 0.4) is 0 Å². The van der Waals surface area contributed by atoms with Crippen LogP contribution in [0, 0.1) is 0 Å². The molecule has 0 fully saturated rings. The van der Waals surface area contributed by atoms with Crippen LogP contribution in [0.5, 0.6) is 0 Å². The van der Waals surface area contributed by atoms with E-state index in [1.165, 1.54) is 11.7 Å². The zero-order valence-electron chi connectivity index (χ0n) is 10.2. The van der Waals surface area contributed by atoms with Crippen molar-refractivity contribution < 1.29 is 8.42 Å². The van der Waals surface area contributed by atoms with Gasteiger partial charge in [-0.2, -0.15) is 13.5 Å². The van der Waals surface area contributed by atoms with Crippen molar-refractivity contribution in [1.82, 2.24) is 25.2 Å². The van der Waals surface area contributed by atoms with Crippen molar-refractivity contribution in [2.45, 2.75) is 5.03 Å². The first-order valence-corrected chi connectivity index (χ1v) is 7.76. The van der Waals surface area contributed by atoms with E-state index < -0.39 is 10.0 Å². The Morgan fingerprint density at radius 3 is 2.90 bits per heavy atom. The topological polar surface area (TPSA) is 106 Å². The molecule has 0 saturated carbocycles. The Balaban J connectivity index is 2.01. The third-order valence-electron chi connectivity index (χ3n) is 2.68. The summed E-state index contributed by atoms with van der Waals surface area (Å²) in [5, 5.41) is 14.8. The number of aromatic amines is 1. The van der Waals surface area contributed by atoms with Gasteiger partial charge in [-0.25, -0.2) is 4.68 Å². The third-order valence-corrected chi connectivity index (χ3v) is 4.95. The van der Waals surface area contributed by atoms with Crippen LogP contribution >= 0.6 is 15.9 Å². The zero-order chi connectivity index (χ0) is 14.3. The standard InChI is InChI=1S/C10H9BrN6O2S/c1-17-10(9(11)14-16-17)20(18,19)15-7-2-3-8-6(4-7)5-12-13-8/h2-5,15H,1H3,(H,12,13). The van der Waals surface area contributed by atoms with E-state index in [1.807, 2.05) is 0 Å². The van der Waals surface area contributed by atoms with E-state index in [9.17, 15) is 8.42 Å². The lowest BCUT2D eigenvalue weighted by molar-refractivity contribution is 0.578. The predicted molar refractivity (Wildman–Crippen MR) is 75.6 cm³/mol. The third kappa shape index (κ3) is 2.16. The van der Waals surface area contributed by atoms with Gasteiger partial charge in [-0.3, -0.25) is 9.82 Å². The SMILES string of the molecule is Cn1nnc(Br)c1S(=O)(=O)Nc1ccc2[nH]ncc2c1. The second-order valence-corrected chi connectivity index (χ2v) is 6.44. The molecule has 0 unspecified atom stereocenters. The molecule has 0 amide bonds. The van der Waals surface area contributed by atoms with E-state index in [2.05, 4.69) is 41.2 Å². The Bertz CT molecular complexity index is 865. The molecule has 10 heteroatoms. The van der Waals surface area contributed by atoms with Crippen LogP contribution in [-0.2, 0) is 17.1 Å². The maximum absolute atomic E-state index is 12.3. The highest BCUT2D eigenvalue weighted by molar-refractivity contribution is 9.10. The molecule has 20 heavy (non-hydrogen) atoms. The maximum atomic E-state index is 12.3. The molecule has 3 rings (SSSR count). The average Bonchev–Trinajstić information content (AvgIpc) is 2.95. The molecule has 0 aliphatic heterocycles. The monoisotopic (exact) mass is 356 g/mol. The first-order valence-electron chi connectivity index (χ1n) is 5.48. The van der Waals surface area contributed by atoms with Crippen LogP contribution < -0.4 is 4.72 Å². The second-order valence-electron chi connectivity index (χ2n) is 4.09. The smallest absolute Gasteiger partial charge is 0.278 e. The first kappa shape index (κ1) is 13.1. The highest BCUT2D eigenvalue weighted by Gasteiger charge is 2.24. The van der Waals surface area contributed by atoms with Crippen molar-refractivity contribution in [2.75, 3.05) is 4.72 Å². The van der Waals surface area contributed by atoms with Crippen molar-refractivity contribution in [2.24, 2.45) is 7.05 Å². The summed E-state index contributed by atoms with van der Waals surface area (Å²) in [6.45, 7) is 0. The lowest BCUT2D eigenvalue weighted by Crippen LogP contribution is -2.17. The summed E-state index contributed by atoms with van der Waals surface area (Å²) in [6, 6.07) is 5.08. The van der Waals surface area contributed by atoms with Crippen LogP contribution in [-0.4, -0.2) is 33.6 Å². The Labute approximate surface area is 122 Å². The van der Waals surface area contributed by atoms with Crippen molar-refractivity contribution >= 4 is 42.5 Å². The highest BCUT2D eigenvalue weighted by Crippen LogP contribution is 2.23.